The number of primary amides is 1. The number of thiocarbonyl (C=S) groups is 2. The van der Waals surface area contributed by atoms with Crippen LogP contribution in [0.1, 0.15) is 16.7 Å². The molecule has 0 bridgehead atoms. The third kappa shape index (κ3) is 10.0. The first kappa shape index (κ1) is 24.8. The molecule has 0 aliphatic rings. The monoisotopic (exact) mass is 435 g/mol. The summed E-state index contributed by atoms with van der Waals surface area (Å²) in [4.78, 5) is 12.7. The molecule has 0 saturated carbocycles. The number of hydrogen-bond acceptors (Lipinski definition) is 6. The third-order valence-corrected chi connectivity index (χ3v) is 5.24. The normalized spacial score (nSPS) is 9.62. The van der Waals surface area contributed by atoms with Gasteiger partial charge in [0.1, 0.15) is 16.7 Å². The van der Waals surface area contributed by atoms with Crippen molar-refractivity contribution in [2.24, 2.45) is 5.73 Å². The van der Waals surface area contributed by atoms with E-state index in [2.05, 4.69) is 18.4 Å². The molecule has 1 aromatic carbocycles. The fourth-order valence-electron chi connectivity index (χ4n) is 1.60. The molecule has 0 aromatic heterocycles. The molecule has 1 aromatic rings. The molecule has 10 heteroatoms. The second-order valence-corrected chi connectivity index (χ2v) is 8.04. The lowest BCUT2D eigenvalue weighted by Crippen LogP contribution is -2.22. The molecule has 146 valence electrons. The number of benzene rings is 1. The van der Waals surface area contributed by atoms with E-state index in [4.69, 9.17) is 34.0 Å². The maximum atomic E-state index is 10.1. The average molecular weight is 436 g/mol. The van der Waals surface area contributed by atoms with Crippen molar-refractivity contribution in [1.29, 1.82) is 0 Å². The highest BCUT2D eigenvalue weighted by atomic mass is 32.2. The SMILES string of the molecule is Cc1cc(O)c(CSC(=S)N(C)C)cc1COC(=S)N(C)C.NC(=O)S. The largest absolute Gasteiger partial charge is 0.508 e. The summed E-state index contributed by atoms with van der Waals surface area (Å²) >= 11 is 15.0. The molecule has 0 radical (unpaired) electrons. The van der Waals surface area contributed by atoms with Crippen LogP contribution in [0.5, 0.6) is 5.75 Å². The van der Waals surface area contributed by atoms with Crippen LogP contribution in [0, 0.1) is 6.92 Å². The number of thiol groups is 1. The Balaban J connectivity index is 0.00000141. The number of amides is 1. The van der Waals surface area contributed by atoms with Gasteiger partial charge in [-0.3, -0.25) is 4.79 Å². The summed E-state index contributed by atoms with van der Waals surface area (Å²) in [6.07, 6.45) is 0. The Kier molecular flexibility index (Phi) is 11.6. The second kappa shape index (κ2) is 12.2. The van der Waals surface area contributed by atoms with Gasteiger partial charge in [0.15, 0.2) is 0 Å². The van der Waals surface area contributed by atoms with Gasteiger partial charge < -0.3 is 25.4 Å². The Morgan fingerprint density at radius 1 is 1.23 bits per heavy atom. The zero-order valence-corrected chi connectivity index (χ0v) is 18.8. The topological polar surface area (TPSA) is 79.0 Å². The van der Waals surface area contributed by atoms with Crippen molar-refractivity contribution in [3.8, 4) is 5.75 Å². The van der Waals surface area contributed by atoms with E-state index in [0.717, 1.165) is 21.0 Å². The van der Waals surface area contributed by atoms with Gasteiger partial charge in [0.2, 0.25) is 0 Å². The Hall–Kier alpha value is -1.23. The van der Waals surface area contributed by atoms with Crippen molar-refractivity contribution < 1.29 is 14.6 Å². The lowest BCUT2D eigenvalue weighted by Gasteiger charge is -2.17. The molecule has 0 aliphatic heterocycles. The highest BCUT2D eigenvalue weighted by Crippen LogP contribution is 2.27. The molecular formula is C16H25N3O3S4. The van der Waals surface area contributed by atoms with Crippen LogP contribution in [0.2, 0.25) is 0 Å². The molecule has 0 fully saturated rings. The van der Waals surface area contributed by atoms with E-state index in [1.807, 2.05) is 46.1 Å². The summed E-state index contributed by atoms with van der Waals surface area (Å²) in [6, 6.07) is 3.71. The first-order chi connectivity index (χ1) is 12.0. The first-order valence-electron chi connectivity index (χ1n) is 7.43. The summed E-state index contributed by atoms with van der Waals surface area (Å²) in [5.41, 5.74) is 7.16. The number of nitrogens with two attached hydrogens (primary N) is 1. The molecule has 0 atom stereocenters. The number of phenols is 1. The van der Waals surface area contributed by atoms with Crippen LogP contribution < -0.4 is 5.73 Å². The van der Waals surface area contributed by atoms with Crippen LogP contribution in [-0.4, -0.2) is 57.8 Å². The summed E-state index contributed by atoms with van der Waals surface area (Å²) in [5, 5.41) is 9.89. The number of phenolic OH excluding ortho intramolecular Hbond substituents is 1. The lowest BCUT2D eigenvalue weighted by molar-refractivity contribution is 0.257. The van der Waals surface area contributed by atoms with Gasteiger partial charge in [0.25, 0.3) is 10.4 Å². The Morgan fingerprint density at radius 2 is 1.77 bits per heavy atom. The number of carbonyl (C=O) groups is 1. The van der Waals surface area contributed by atoms with E-state index >= 15 is 0 Å². The highest BCUT2D eigenvalue weighted by Gasteiger charge is 2.10. The lowest BCUT2D eigenvalue weighted by atomic mass is 10.1. The maximum absolute atomic E-state index is 10.1. The zero-order valence-electron chi connectivity index (χ0n) is 15.5. The summed E-state index contributed by atoms with van der Waals surface area (Å²) in [6.45, 7) is 2.33. The minimum absolute atomic E-state index is 0.283. The predicted octanol–water partition coefficient (Wildman–Crippen LogP) is 3.14. The van der Waals surface area contributed by atoms with Crippen molar-refractivity contribution >= 4 is 63.6 Å². The minimum Gasteiger partial charge on any atom is -0.508 e. The number of rotatable bonds is 4. The minimum atomic E-state index is -0.639. The van der Waals surface area contributed by atoms with Gasteiger partial charge >= 0.3 is 0 Å². The van der Waals surface area contributed by atoms with Crippen LogP contribution in [0.15, 0.2) is 12.1 Å². The molecule has 1 rings (SSSR count). The third-order valence-electron chi connectivity index (χ3n) is 2.97. The Morgan fingerprint density at radius 3 is 2.23 bits per heavy atom. The van der Waals surface area contributed by atoms with E-state index in [1.165, 1.54) is 11.8 Å². The molecule has 3 N–H and O–H groups in total. The van der Waals surface area contributed by atoms with Crippen LogP contribution in [0.4, 0.5) is 4.79 Å². The number of thioether (sulfide) groups is 1. The molecule has 0 heterocycles. The van der Waals surface area contributed by atoms with Gasteiger partial charge in [-0.05, 0) is 42.4 Å². The van der Waals surface area contributed by atoms with Crippen LogP contribution in [0.3, 0.4) is 0 Å². The molecule has 26 heavy (non-hydrogen) atoms. The van der Waals surface area contributed by atoms with Gasteiger partial charge in [-0.1, -0.05) is 36.6 Å². The Labute approximate surface area is 175 Å². The number of aromatic hydroxyl groups is 1. The van der Waals surface area contributed by atoms with Crippen molar-refractivity contribution in [2.75, 3.05) is 28.2 Å². The van der Waals surface area contributed by atoms with Crippen LogP contribution in [-0.2, 0) is 17.1 Å². The number of carbonyl (C=O) groups excluding carboxylic acids is 1. The van der Waals surface area contributed by atoms with Gasteiger partial charge in [0, 0.05) is 39.5 Å². The molecular weight excluding hydrogens is 410 g/mol. The van der Waals surface area contributed by atoms with E-state index in [1.54, 1.807) is 11.0 Å². The predicted molar refractivity (Wildman–Crippen MR) is 120 cm³/mol. The van der Waals surface area contributed by atoms with Crippen LogP contribution in [0.25, 0.3) is 0 Å². The molecule has 0 unspecified atom stereocenters. The van der Waals surface area contributed by atoms with E-state index in [-0.39, 0.29) is 5.75 Å². The van der Waals surface area contributed by atoms with Gasteiger partial charge in [-0.25, -0.2) is 0 Å². The van der Waals surface area contributed by atoms with Gasteiger partial charge in [-0.15, -0.1) is 0 Å². The fraction of sp³-hybridized carbons (Fsp3) is 0.438. The Bertz CT molecular complexity index is 603. The number of nitrogens with zero attached hydrogens (tertiary/aromatic N) is 2. The summed E-state index contributed by atoms with van der Waals surface area (Å²) in [5.74, 6) is 0.902. The fourth-order valence-corrected chi connectivity index (χ4v) is 2.60. The van der Waals surface area contributed by atoms with E-state index in [9.17, 15) is 5.11 Å². The first-order valence-corrected chi connectivity index (χ1v) is 9.68. The maximum Gasteiger partial charge on any atom is 0.273 e. The highest BCUT2D eigenvalue weighted by molar-refractivity contribution is 8.22. The van der Waals surface area contributed by atoms with Crippen molar-refractivity contribution in [2.45, 2.75) is 19.3 Å². The molecule has 0 saturated heterocycles. The standard InChI is InChI=1S/C15H22N2O2S3.CH3NOS/c1-10-6-13(18)12(9-22-15(21)17(4)5)7-11(10)8-19-14(20)16(2)3;2-1(3)4/h6-7,18H,8-9H2,1-5H3;(H3,2,3,4). The van der Waals surface area contributed by atoms with Crippen molar-refractivity contribution in [1.82, 2.24) is 9.80 Å². The number of ether oxygens (including phenoxy) is 1. The molecule has 0 spiro atoms. The summed E-state index contributed by atoms with van der Waals surface area (Å²) in [7, 11) is 7.50. The van der Waals surface area contributed by atoms with Crippen molar-refractivity contribution in [3.63, 3.8) is 0 Å². The smallest absolute Gasteiger partial charge is 0.273 e. The van der Waals surface area contributed by atoms with Crippen LogP contribution >= 0.6 is 48.8 Å². The zero-order chi connectivity index (χ0) is 20.4. The average Bonchev–Trinajstić information content (AvgIpc) is 2.51. The molecule has 0 aliphatic carbocycles. The van der Waals surface area contributed by atoms with Gasteiger partial charge in [-0.2, -0.15) is 0 Å². The number of hydrogen-bond donors (Lipinski definition) is 3. The van der Waals surface area contributed by atoms with Crippen molar-refractivity contribution in [3.05, 3.63) is 28.8 Å². The van der Waals surface area contributed by atoms with E-state index in [0.29, 0.717) is 17.5 Å². The van der Waals surface area contributed by atoms with Gasteiger partial charge in [0.05, 0.1) is 0 Å². The molecule has 1 amide bonds. The quantitative estimate of drug-likeness (QED) is 0.492. The van der Waals surface area contributed by atoms with E-state index < -0.39 is 5.24 Å². The molecule has 6 nitrogen and oxygen atoms in total. The number of aryl methyl sites for hydroxylation is 1. The second-order valence-electron chi connectivity index (χ2n) is 5.64. The summed E-state index contributed by atoms with van der Waals surface area (Å²) < 4.78 is 6.35.